The zero-order valence-electron chi connectivity index (χ0n) is 9.20. The maximum atomic E-state index is 10.6. The zero-order valence-corrected chi connectivity index (χ0v) is 9.20. The molecule has 14 heavy (non-hydrogen) atoms. The summed E-state index contributed by atoms with van der Waals surface area (Å²) in [4.78, 5) is 12.8. The van der Waals surface area contributed by atoms with E-state index in [0.717, 1.165) is 12.5 Å². The van der Waals surface area contributed by atoms with Crippen LogP contribution >= 0.6 is 0 Å². The van der Waals surface area contributed by atoms with Crippen molar-refractivity contribution in [2.24, 2.45) is 11.8 Å². The average molecular weight is 199 g/mol. The molecule has 0 saturated heterocycles. The van der Waals surface area contributed by atoms with Crippen LogP contribution in [-0.4, -0.2) is 36.1 Å². The lowest BCUT2D eigenvalue weighted by molar-refractivity contribution is -0.141. The summed E-state index contributed by atoms with van der Waals surface area (Å²) in [5.74, 6) is -0.134. The number of hydrogen-bond acceptors (Lipinski definition) is 2. The summed E-state index contributed by atoms with van der Waals surface area (Å²) < 4.78 is 0. The van der Waals surface area contributed by atoms with Crippen LogP contribution in [0.2, 0.25) is 0 Å². The topological polar surface area (TPSA) is 40.5 Å². The van der Waals surface area contributed by atoms with Crippen molar-refractivity contribution >= 4 is 5.97 Å². The number of carboxylic acids is 1. The maximum Gasteiger partial charge on any atom is 0.307 e. The van der Waals surface area contributed by atoms with Crippen molar-refractivity contribution in [3.8, 4) is 0 Å². The van der Waals surface area contributed by atoms with Gasteiger partial charge in [0.2, 0.25) is 0 Å². The van der Waals surface area contributed by atoms with Gasteiger partial charge in [-0.15, -0.1) is 0 Å². The second kappa shape index (κ2) is 5.35. The number of hydrogen-bond donors (Lipinski definition) is 1. The molecule has 3 heteroatoms. The highest BCUT2D eigenvalue weighted by molar-refractivity contribution is 5.69. The van der Waals surface area contributed by atoms with Crippen molar-refractivity contribution in [2.75, 3.05) is 20.1 Å². The monoisotopic (exact) mass is 199 g/mol. The van der Waals surface area contributed by atoms with Gasteiger partial charge < -0.3 is 10.0 Å². The molecule has 0 heterocycles. The lowest BCUT2D eigenvalue weighted by Gasteiger charge is -2.22. The van der Waals surface area contributed by atoms with Crippen LogP contribution in [0.4, 0.5) is 0 Å². The van der Waals surface area contributed by atoms with E-state index in [0.29, 0.717) is 6.54 Å². The Morgan fingerprint density at radius 3 is 2.57 bits per heavy atom. The Bertz CT molecular complexity index is 188. The molecule has 0 aliphatic heterocycles. The third-order valence-corrected chi connectivity index (χ3v) is 3.05. The number of carbonyl (C=O) groups is 1. The Morgan fingerprint density at radius 1 is 1.50 bits per heavy atom. The molecule has 1 aliphatic carbocycles. The summed E-state index contributed by atoms with van der Waals surface area (Å²) in [5.41, 5.74) is 0. The van der Waals surface area contributed by atoms with Crippen LogP contribution in [0.5, 0.6) is 0 Å². The van der Waals surface area contributed by atoms with E-state index in [2.05, 4.69) is 4.90 Å². The second-order valence-electron chi connectivity index (χ2n) is 4.61. The maximum absolute atomic E-state index is 10.6. The molecule has 1 saturated carbocycles. The van der Waals surface area contributed by atoms with Crippen LogP contribution in [0.25, 0.3) is 0 Å². The summed E-state index contributed by atoms with van der Waals surface area (Å²) in [6.45, 7) is 3.51. The van der Waals surface area contributed by atoms with Gasteiger partial charge in [-0.1, -0.05) is 19.8 Å². The molecule has 1 aliphatic rings. The molecule has 1 rings (SSSR count). The number of carboxylic acid groups (broad SMARTS) is 1. The van der Waals surface area contributed by atoms with Gasteiger partial charge >= 0.3 is 5.97 Å². The van der Waals surface area contributed by atoms with Gasteiger partial charge in [-0.2, -0.15) is 0 Å². The van der Waals surface area contributed by atoms with Crippen LogP contribution in [-0.2, 0) is 4.79 Å². The summed E-state index contributed by atoms with van der Waals surface area (Å²) in [7, 11) is 2.03. The first kappa shape index (κ1) is 11.5. The highest BCUT2D eigenvalue weighted by Crippen LogP contribution is 2.25. The van der Waals surface area contributed by atoms with Crippen LogP contribution in [0.15, 0.2) is 0 Å². The quantitative estimate of drug-likeness (QED) is 0.734. The van der Waals surface area contributed by atoms with E-state index in [1.807, 2.05) is 7.05 Å². The predicted molar refractivity (Wildman–Crippen MR) is 56.3 cm³/mol. The summed E-state index contributed by atoms with van der Waals surface area (Å²) >= 11 is 0. The number of nitrogens with zero attached hydrogens (tertiary/aromatic N) is 1. The van der Waals surface area contributed by atoms with Crippen LogP contribution in [0, 0.1) is 11.8 Å². The van der Waals surface area contributed by atoms with Gasteiger partial charge in [0.05, 0.1) is 5.92 Å². The molecule has 0 radical (unpaired) electrons. The van der Waals surface area contributed by atoms with E-state index in [4.69, 9.17) is 5.11 Å². The molecule has 3 nitrogen and oxygen atoms in total. The van der Waals surface area contributed by atoms with Crippen molar-refractivity contribution in [2.45, 2.75) is 32.6 Å². The molecular formula is C11H21NO2. The van der Waals surface area contributed by atoms with E-state index >= 15 is 0 Å². The lowest BCUT2D eigenvalue weighted by atomic mass is 10.1. The average Bonchev–Trinajstić information content (AvgIpc) is 2.56. The lowest BCUT2D eigenvalue weighted by Crippen LogP contribution is -2.31. The zero-order chi connectivity index (χ0) is 10.6. The minimum Gasteiger partial charge on any atom is -0.481 e. The highest BCUT2D eigenvalue weighted by Gasteiger charge is 2.19. The largest absolute Gasteiger partial charge is 0.481 e. The Balaban J connectivity index is 2.20. The fourth-order valence-corrected chi connectivity index (χ4v) is 2.25. The SMILES string of the molecule is CC(CN(C)CC1CCCC1)C(=O)O. The molecule has 0 aromatic rings. The molecule has 0 bridgehead atoms. The molecule has 1 fully saturated rings. The fraction of sp³-hybridized carbons (Fsp3) is 0.909. The third-order valence-electron chi connectivity index (χ3n) is 3.05. The molecule has 1 N–H and O–H groups in total. The van der Waals surface area contributed by atoms with E-state index in [9.17, 15) is 4.79 Å². The van der Waals surface area contributed by atoms with Crippen molar-refractivity contribution in [1.29, 1.82) is 0 Å². The van der Waals surface area contributed by atoms with E-state index in [-0.39, 0.29) is 5.92 Å². The van der Waals surface area contributed by atoms with Gasteiger partial charge in [0.1, 0.15) is 0 Å². The van der Waals surface area contributed by atoms with Crippen LogP contribution < -0.4 is 0 Å². The van der Waals surface area contributed by atoms with Crippen molar-refractivity contribution in [1.82, 2.24) is 4.90 Å². The molecule has 1 unspecified atom stereocenters. The first-order valence-corrected chi connectivity index (χ1v) is 5.51. The van der Waals surface area contributed by atoms with Crippen LogP contribution in [0.1, 0.15) is 32.6 Å². The molecule has 1 atom stereocenters. The van der Waals surface area contributed by atoms with E-state index in [1.54, 1.807) is 6.92 Å². The minimum absolute atomic E-state index is 0.249. The number of rotatable bonds is 5. The first-order chi connectivity index (χ1) is 6.59. The normalized spacial score (nSPS) is 20.2. The van der Waals surface area contributed by atoms with E-state index in [1.165, 1.54) is 25.7 Å². The highest BCUT2D eigenvalue weighted by atomic mass is 16.4. The molecule has 0 amide bonds. The smallest absolute Gasteiger partial charge is 0.307 e. The standard InChI is InChI=1S/C11H21NO2/c1-9(11(13)14)7-12(2)8-10-5-3-4-6-10/h9-10H,3-8H2,1-2H3,(H,13,14). The number of aliphatic carboxylic acids is 1. The third kappa shape index (κ3) is 3.66. The van der Waals surface area contributed by atoms with Crippen LogP contribution in [0.3, 0.4) is 0 Å². The van der Waals surface area contributed by atoms with Crippen molar-refractivity contribution in [3.63, 3.8) is 0 Å². The van der Waals surface area contributed by atoms with Crippen molar-refractivity contribution < 1.29 is 9.90 Å². The van der Waals surface area contributed by atoms with Gasteiger partial charge in [0, 0.05) is 13.1 Å². The minimum atomic E-state index is -0.691. The van der Waals surface area contributed by atoms with Gasteiger partial charge in [-0.25, -0.2) is 0 Å². The van der Waals surface area contributed by atoms with Gasteiger partial charge in [0.25, 0.3) is 0 Å². The molecular weight excluding hydrogens is 178 g/mol. The molecule has 0 aromatic carbocycles. The summed E-state index contributed by atoms with van der Waals surface area (Å²) in [6.07, 6.45) is 5.36. The molecule has 82 valence electrons. The Morgan fingerprint density at radius 2 is 2.07 bits per heavy atom. The Kier molecular flexibility index (Phi) is 4.39. The molecule has 0 aromatic heterocycles. The summed E-state index contributed by atoms with van der Waals surface area (Å²) in [6, 6.07) is 0. The first-order valence-electron chi connectivity index (χ1n) is 5.51. The fourth-order valence-electron chi connectivity index (χ4n) is 2.25. The Hall–Kier alpha value is -0.570. The molecule has 0 spiro atoms. The van der Waals surface area contributed by atoms with Gasteiger partial charge in [-0.05, 0) is 25.8 Å². The van der Waals surface area contributed by atoms with E-state index < -0.39 is 5.97 Å². The van der Waals surface area contributed by atoms with Crippen molar-refractivity contribution in [3.05, 3.63) is 0 Å². The Labute approximate surface area is 86.1 Å². The second-order valence-corrected chi connectivity index (χ2v) is 4.61. The predicted octanol–water partition coefficient (Wildman–Crippen LogP) is 1.83. The summed E-state index contributed by atoms with van der Waals surface area (Å²) in [5, 5.41) is 8.77. The van der Waals surface area contributed by atoms with Gasteiger partial charge in [-0.3, -0.25) is 4.79 Å². The van der Waals surface area contributed by atoms with Gasteiger partial charge in [0.15, 0.2) is 0 Å².